The van der Waals surface area contributed by atoms with Gasteiger partial charge in [0.05, 0.1) is 16.4 Å². The molecule has 194 valence electrons. The number of hydrogen-bond acceptors (Lipinski definition) is 5. The molecule has 0 aliphatic heterocycles. The molecule has 0 radical (unpaired) electrons. The summed E-state index contributed by atoms with van der Waals surface area (Å²) in [4.78, 5) is 28.1. The molecule has 0 saturated heterocycles. The van der Waals surface area contributed by atoms with Gasteiger partial charge < -0.3 is 5.11 Å². The highest BCUT2D eigenvalue weighted by Crippen LogP contribution is 2.30. The van der Waals surface area contributed by atoms with Crippen molar-refractivity contribution in [1.82, 2.24) is 9.71 Å². The molecule has 0 unspecified atom stereocenters. The molecule has 1 heterocycles. The van der Waals surface area contributed by atoms with Crippen LogP contribution in [-0.2, 0) is 9.59 Å². The number of aryl methyl sites for hydroxylation is 1. The molecule has 1 aromatic heterocycles. The predicted octanol–water partition coefficient (Wildman–Crippen LogP) is 7.41. The van der Waals surface area contributed by atoms with E-state index in [0.29, 0.717) is 22.4 Å². The lowest BCUT2D eigenvalue weighted by atomic mass is 9.88. The normalized spacial score (nSPS) is 16.8. The Bertz CT molecular complexity index is 938. The molecular formula is C26H37Cl2N3O3S. The summed E-state index contributed by atoms with van der Waals surface area (Å²) in [5.41, 5.74) is 1.17. The molecule has 1 amide bonds. The number of pyridine rings is 1. The molecule has 0 bridgehead atoms. The number of carbonyl (C=O) groups excluding carboxylic acids is 1. The van der Waals surface area contributed by atoms with Crippen molar-refractivity contribution in [2.75, 3.05) is 11.4 Å². The largest absolute Gasteiger partial charge is 0.480 e. The van der Waals surface area contributed by atoms with Gasteiger partial charge in [-0.3, -0.25) is 24.2 Å². The summed E-state index contributed by atoms with van der Waals surface area (Å²) in [7, 11) is 0. The van der Waals surface area contributed by atoms with E-state index in [0.717, 1.165) is 15.8 Å². The van der Waals surface area contributed by atoms with Crippen LogP contribution in [0.2, 0.25) is 10.0 Å². The Hall–Kier alpha value is -1.80. The number of halogens is 2. The molecule has 1 saturated carbocycles. The lowest BCUT2D eigenvalue weighted by Gasteiger charge is -2.26. The van der Waals surface area contributed by atoms with E-state index >= 15 is 0 Å². The number of aromatic nitrogens is 1. The van der Waals surface area contributed by atoms with Crippen molar-refractivity contribution >= 4 is 52.7 Å². The quantitative estimate of drug-likeness (QED) is 0.370. The van der Waals surface area contributed by atoms with Crippen molar-refractivity contribution in [3.05, 3.63) is 52.3 Å². The average Bonchev–Trinajstić information content (AvgIpc) is 2.79. The van der Waals surface area contributed by atoms with E-state index in [1.54, 1.807) is 43.3 Å². The maximum absolute atomic E-state index is 11.3. The second kappa shape index (κ2) is 16.8. The molecule has 1 aliphatic carbocycles. The van der Waals surface area contributed by atoms with E-state index in [2.05, 4.69) is 30.5 Å². The third kappa shape index (κ3) is 12.1. The minimum absolute atomic E-state index is 0.312. The Balaban J connectivity index is 0.000000317. The molecule has 1 fully saturated rings. The van der Waals surface area contributed by atoms with E-state index in [-0.39, 0.29) is 12.5 Å². The van der Waals surface area contributed by atoms with Crippen LogP contribution in [-0.4, -0.2) is 34.6 Å². The van der Waals surface area contributed by atoms with Crippen molar-refractivity contribution in [2.24, 2.45) is 5.92 Å². The first-order valence-electron chi connectivity index (χ1n) is 11.9. The third-order valence-corrected chi connectivity index (χ3v) is 6.88. The summed E-state index contributed by atoms with van der Waals surface area (Å²) >= 11 is 13.6. The number of benzene rings is 1. The number of rotatable bonds is 6. The fraction of sp³-hybridized carbons (Fsp3) is 0.500. The van der Waals surface area contributed by atoms with Gasteiger partial charge in [-0.2, -0.15) is 0 Å². The van der Waals surface area contributed by atoms with Crippen molar-refractivity contribution in [3.8, 4) is 0 Å². The van der Waals surface area contributed by atoms with Crippen LogP contribution in [0.25, 0.3) is 0 Å². The molecule has 0 atom stereocenters. The average molecular weight is 543 g/mol. The van der Waals surface area contributed by atoms with Gasteiger partial charge in [-0.15, -0.1) is 0 Å². The summed E-state index contributed by atoms with van der Waals surface area (Å²) in [6, 6.07) is 9.58. The number of nitrogens with one attached hydrogen (secondary N) is 1. The summed E-state index contributed by atoms with van der Waals surface area (Å²) in [6.45, 7) is 9.30. The molecule has 35 heavy (non-hydrogen) atoms. The molecule has 1 aliphatic rings. The highest BCUT2D eigenvalue weighted by molar-refractivity contribution is 7.97. The van der Waals surface area contributed by atoms with Gasteiger partial charge in [0.25, 0.3) is 0 Å². The van der Waals surface area contributed by atoms with Gasteiger partial charge in [0.2, 0.25) is 5.91 Å². The summed E-state index contributed by atoms with van der Waals surface area (Å²) in [5.74, 6) is -0.473. The Labute approximate surface area is 223 Å². The smallest absolute Gasteiger partial charge is 0.323 e. The van der Waals surface area contributed by atoms with E-state index in [4.69, 9.17) is 28.3 Å². The number of carboxylic acid groups (broad SMARTS) is 1. The topological polar surface area (TPSA) is 82.5 Å². The number of carboxylic acids is 1. The molecule has 2 aromatic rings. The monoisotopic (exact) mass is 541 g/mol. The lowest BCUT2D eigenvalue weighted by molar-refractivity contribution is -0.136. The van der Waals surface area contributed by atoms with Crippen molar-refractivity contribution in [2.45, 2.75) is 77.7 Å². The zero-order valence-corrected chi connectivity index (χ0v) is 23.5. The highest BCUT2D eigenvalue weighted by atomic mass is 35.5. The van der Waals surface area contributed by atoms with Crippen LogP contribution in [0.1, 0.15) is 65.5 Å². The number of hydrogen-bond donors (Lipinski definition) is 2. The molecule has 6 nitrogen and oxygen atoms in total. The molecule has 1 aromatic carbocycles. The van der Waals surface area contributed by atoms with Crippen LogP contribution in [0.3, 0.4) is 0 Å². The Morgan fingerprint density at radius 1 is 1.17 bits per heavy atom. The second-order valence-corrected chi connectivity index (χ2v) is 10.3. The minimum atomic E-state index is -1.05. The number of amides is 1. The van der Waals surface area contributed by atoms with Crippen molar-refractivity contribution in [1.29, 1.82) is 0 Å². The van der Waals surface area contributed by atoms with Gasteiger partial charge in [0, 0.05) is 29.1 Å². The first kappa shape index (κ1) is 31.2. The predicted molar refractivity (Wildman–Crippen MR) is 147 cm³/mol. The van der Waals surface area contributed by atoms with Gasteiger partial charge >= 0.3 is 5.97 Å². The Kier molecular flexibility index (Phi) is 15.0. The van der Waals surface area contributed by atoms with Crippen LogP contribution in [0.4, 0.5) is 5.69 Å². The zero-order valence-electron chi connectivity index (χ0n) is 21.2. The van der Waals surface area contributed by atoms with Crippen LogP contribution >= 0.6 is 35.1 Å². The van der Waals surface area contributed by atoms with E-state index in [9.17, 15) is 9.59 Å². The van der Waals surface area contributed by atoms with Crippen molar-refractivity contribution < 1.29 is 14.7 Å². The van der Waals surface area contributed by atoms with Crippen molar-refractivity contribution in [3.63, 3.8) is 0 Å². The highest BCUT2D eigenvalue weighted by Gasteiger charge is 2.18. The van der Waals surface area contributed by atoms with E-state index < -0.39 is 5.97 Å². The summed E-state index contributed by atoms with van der Waals surface area (Å²) < 4.78 is 3.51. The van der Waals surface area contributed by atoms with Gasteiger partial charge in [-0.25, -0.2) is 0 Å². The standard InChI is InChI=1S/C13H17Cl2NS.C10H12N2O3.C3H8/c1-9-2-5-11(6-3-9)16-17-13-7-4-10(14)8-12(13)15;1-7-9(4-3-5-11-7)12(8(2)13)6-10(14)15;1-3-2/h4,7-9,11,16H,2-3,5-6H2,1H3;3-5H,6H2,1-2H3,(H,14,15);3H2,1-2H3. The first-order chi connectivity index (χ1) is 16.6. The fourth-order valence-corrected chi connectivity index (χ4v) is 4.69. The molecule has 9 heteroatoms. The first-order valence-corrected chi connectivity index (χ1v) is 13.4. The van der Waals surface area contributed by atoms with Crippen LogP contribution in [0, 0.1) is 12.8 Å². The second-order valence-electron chi connectivity index (χ2n) is 8.57. The fourth-order valence-electron chi connectivity index (χ4n) is 3.35. The van der Waals surface area contributed by atoms with Crippen LogP contribution in [0.5, 0.6) is 0 Å². The van der Waals surface area contributed by atoms with Crippen LogP contribution < -0.4 is 9.62 Å². The SMILES string of the molecule is CC(=O)N(CC(=O)O)c1cccnc1C.CC1CCC(NSc2ccc(Cl)cc2Cl)CC1.CCC. The van der Waals surface area contributed by atoms with E-state index in [1.807, 2.05) is 12.1 Å². The Morgan fingerprint density at radius 2 is 1.80 bits per heavy atom. The molecule has 3 rings (SSSR count). The van der Waals surface area contributed by atoms with Gasteiger partial charge in [0.1, 0.15) is 6.54 Å². The third-order valence-electron chi connectivity index (χ3n) is 5.19. The van der Waals surface area contributed by atoms with Gasteiger partial charge in [-0.1, -0.05) is 50.4 Å². The minimum Gasteiger partial charge on any atom is -0.480 e. The molecule has 0 spiro atoms. The molecular weight excluding hydrogens is 505 g/mol. The lowest BCUT2D eigenvalue weighted by Crippen LogP contribution is -2.34. The maximum atomic E-state index is 11.3. The number of nitrogens with zero attached hydrogens (tertiary/aromatic N) is 2. The van der Waals surface area contributed by atoms with Gasteiger partial charge in [0.15, 0.2) is 0 Å². The zero-order chi connectivity index (χ0) is 26.4. The Morgan fingerprint density at radius 3 is 2.31 bits per heavy atom. The summed E-state index contributed by atoms with van der Waals surface area (Å²) in [6.07, 6.45) is 8.02. The maximum Gasteiger partial charge on any atom is 0.323 e. The number of anilines is 1. The summed E-state index contributed by atoms with van der Waals surface area (Å²) in [5, 5.41) is 10.1. The van der Waals surface area contributed by atoms with E-state index in [1.165, 1.54) is 43.9 Å². The van der Waals surface area contributed by atoms with Crippen LogP contribution in [0.15, 0.2) is 41.4 Å². The van der Waals surface area contributed by atoms with Gasteiger partial charge in [-0.05, 0) is 80.8 Å². The number of aliphatic carboxylic acids is 1. The molecule has 2 N–H and O–H groups in total. The number of carbonyl (C=O) groups is 2.